The molecule has 6 nitrogen and oxygen atoms in total. The third-order valence-electron chi connectivity index (χ3n) is 5.52. The maximum absolute atomic E-state index is 13.7. The standard InChI is InChI=1S/C24H23FN4O2S2/c1-15-19(12-27-22(30)8-7-16-5-3-4-6-20(16)25)18-9-10-29(13-17(18)11-26-15)23(31)21-14-33-24(28-21)32-2/h3-8,11,14H,9-10,12-13H2,1-2H3,(H,27,30)/b8-7+. The van der Waals surface area contributed by atoms with E-state index in [2.05, 4.69) is 15.3 Å². The van der Waals surface area contributed by atoms with Gasteiger partial charge in [0, 0.05) is 48.5 Å². The van der Waals surface area contributed by atoms with Gasteiger partial charge in [0.15, 0.2) is 0 Å². The van der Waals surface area contributed by atoms with Crippen LogP contribution in [0.25, 0.3) is 6.08 Å². The molecule has 0 unspecified atom stereocenters. The van der Waals surface area contributed by atoms with Gasteiger partial charge in [0.1, 0.15) is 15.9 Å². The average Bonchev–Trinajstić information content (AvgIpc) is 3.31. The number of pyridine rings is 1. The summed E-state index contributed by atoms with van der Waals surface area (Å²) >= 11 is 3.00. The van der Waals surface area contributed by atoms with Crippen molar-refractivity contribution in [1.29, 1.82) is 0 Å². The fourth-order valence-electron chi connectivity index (χ4n) is 3.75. The van der Waals surface area contributed by atoms with Crippen LogP contribution in [0.1, 0.15) is 38.4 Å². The number of nitrogens with zero attached hydrogens (tertiary/aromatic N) is 3. The molecule has 9 heteroatoms. The number of fused-ring (bicyclic) bond motifs is 1. The van der Waals surface area contributed by atoms with Gasteiger partial charge < -0.3 is 10.2 Å². The molecule has 1 aliphatic heterocycles. The van der Waals surface area contributed by atoms with Crippen LogP contribution in [-0.2, 0) is 24.3 Å². The summed E-state index contributed by atoms with van der Waals surface area (Å²) in [6, 6.07) is 6.29. The van der Waals surface area contributed by atoms with Crippen LogP contribution in [0.4, 0.5) is 4.39 Å². The van der Waals surface area contributed by atoms with E-state index in [4.69, 9.17) is 0 Å². The fraction of sp³-hybridized carbons (Fsp3) is 0.250. The molecule has 170 valence electrons. The van der Waals surface area contributed by atoms with Crippen LogP contribution >= 0.6 is 23.1 Å². The molecule has 1 N–H and O–H groups in total. The summed E-state index contributed by atoms with van der Waals surface area (Å²) in [7, 11) is 0. The predicted octanol–water partition coefficient (Wildman–Crippen LogP) is 4.24. The number of benzene rings is 1. The Kier molecular flexibility index (Phi) is 7.20. The minimum Gasteiger partial charge on any atom is -0.348 e. The highest BCUT2D eigenvalue weighted by atomic mass is 32.2. The van der Waals surface area contributed by atoms with Gasteiger partial charge in [-0.2, -0.15) is 0 Å². The molecule has 0 saturated carbocycles. The predicted molar refractivity (Wildman–Crippen MR) is 129 cm³/mol. The molecule has 1 aliphatic rings. The number of carbonyl (C=O) groups excluding carboxylic acids is 2. The first-order valence-electron chi connectivity index (χ1n) is 10.4. The summed E-state index contributed by atoms with van der Waals surface area (Å²) in [5.74, 6) is -0.762. The second kappa shape index (κ2) is 10.3. The first-order chi connectivity index (χ1) is 16.0. The molecule has 2 amide bonds. The summed E-state index contributed by atoms with van der Waals surface area (Å²) < 4.78 is 14.6. The van der Waals surface area contributed by atoms with Crippen molar-refractivity contribution in [2.45, 2.75) is 30.8 Å². The normalized spacial score (nSPS) is 13.2. The zero-order chi connectivity index (χ0) is 23.4. The Bertz CT molecular complexity index is 1220. The smallest absolute Gasteiger partial charge is 0.273 e. The van der Waals surface area contributed by atoms with E-state index >= 15 is 0 Å². The van der Waals surface area contributed by atoms with Gasteiger partial charge in [-0.3, -0.25) is 14.6 Å². The highest BCUT2D eigenvalue weighted by molar-refractivity contribution is 8.00. The van der Waals surface area contributed by atoms with Crippen LogP contribution in [-0.4, -0.2) is 39.5 Å². The van der Waals surface area contributed by atoms with Gasteiger partial charge in [-0.15, -0.1) is 11.3 Å². The maximum atomic E-state index is 13.7. The summed E-state index contributed by atoms with van der Waals surface area (Å²) in [5.41, 5.74) is 4.74. The average molecular weight is 483 g/mol. The molecule has 0 atom stereocenters. The van der Waals surface area contributed by atoms with Crippen LogP contribution in [0.2, 0.25) is 0 Å². The minimum absolute atomic E-state index is 0.0779. The monoisotopic (exact) mass is 482 g/mol. The van der Waals surface area contributed by atoms with Gasteiger partial charge >= 0.3 is 0 Å². The van der Waals surface area contributed by atoms with Gasteiger partial charge in [0.2, 0.25) is 5.91 Å². The third kappa shape index (κ3) is 5.31. The van der Waals surface area contributed by atoms with Crippen LogP contribution < -0.4 is 5.32 Å². The number of aromatic nitrogens is 2. The number of hydrogen-bond donors (Lipinski definition) is 1. The van der Waals surface area contributed by atoms with E-state index in [0.29, 0.717) is 37.3 Å². The van der Waals surface area contributed by atoms with Crippen molar-refractivity contribution in [1.82, 2.24) is 20.2 Å². The number of thioether (sulfide) groups is 1. The molecule has 0 saturated heterocycles. The molecule has 33 heavy (non-hydrogen) atoms. The molecule has 3 aromatic rings. The lowest BCUT2D eigenvalue weighted by Gasteiger charge is -2.30. The molecule has 2 aromatic heterocycles. The Balaban J connectivity index is 1.44. The van der Waals surface area contributed by atoms with E-state index in [1.54, 1.807) is 28.5 Å². The van der Waals surface area contributed by atoms with Crippen molar-refractivity contribution in [3.05, 3.63) is 81.4 Å². The zero-order valence-corrected chi connectivity index (χ0v) is 19.9. The second-order valence-corrected chi connectivity index (χ2v) is 9.49. The number of nitrogens with one attached hydrogen (secondary N) is 1. The lowest BCUT2D eigenvalue weighted by Crippen LogP contribution is -2.37. The number of thiazole rings is 1. The quantitative estimate of drug-likeness (QED) is 0.420. The van der Waals surface area contributed by atoms with Crippen molar-refractivity contribution in [3.8, 4) is 0 Å². The van der Waals surface area contributed by atoms with Gasteiger partial charge in [-0.25, -0.2) is 9.37 Å². The SMILES string of the molecule is CSc1nc(C(=O)N2CCc3c(cnc(C)c3CNC(=O)/C=C/c3ccccc3F)C2)cs1. The van der Waals surface area contributed by atoms with Gasteiger partial charge in [-0.05, 0) is 48.4 Å². The van der Waals surface area contributed by atoms with Crippen molar-refractivity contribution < 1.29 is 14.0 Å². The van der Waals surface area contributed by atoms with Gasteiger partial charge in [-0.1, -0.05) is 30.0 Å². The number of hydrogen-bond acceptors (Lipinski definition) is 6. The Labute approximate surface area is 200 Å². The number of rotatable bonds is 6. The molecule has 0 bridgehead atoms. The van der Waals surface area contributed by atoms with Crippen LogP contribution in [0.5, 0.6) is 0 Å². The van der Waals surface area contributed by atoms with Crippen LogP contribution in [0.3, 0.4) is 0 Å². The van der Waals surface area contributed by atoms with Crippen molar-refractivity contribution in [2.24, 2.45) is 0 Å². The molecule has 0 radical (unpaired) electrons. The molecular weight excluding hydrogens is 459 g/mol. The number of amides is 2. The summed E-state index contributed by atoms with van der Waals surface area (Å²) in [4.78, 5) is 35.8. The summed E-state index contributed by atoms with van der Waals surface area (Å²) in [5, 5.41) is 4.67. The molecule has 3 heterocycles. The van der Waals surface area contributed by atoms with E-state index in [9.17, 15) is 14.0 Å². The minimum atomic E-state index is -0.375. The second-order valence-electron chi connectivity index (χ2n) is 7.58. The first-order valence-corrected chi connectivity index (χ1v) is 12.5. The van der Waals surface area contributed by atoms with Crippen LogP contribution in [0, 0.1) is 12.7 Å². The molecule has 1 aromatic carbocycles. The van der Waals surface area contributed by atoms with Crippen molar-refractivity contribution in [2.75, 3.05) is 12.8 Å². The Morgan fingerprint density at radius 1 is 1.33 bits per heavy atom. The van der Waals surface area contributed by atoms with E-state index in [0.717, 1.165) is 26.7 Å². The van der Waals surface area contributed by atoms with E-state index < -0.39 is 0 Å². The lowest BCUT2D eigenvalue weighted by molar-refractivity contribution is -0.116. The van der Waals surface area contributed by atoms with Crippen molar-refractivity contribution >= 4 is 41.0 Å². The maximum Gasteiger partial charge on any atom is 0.273 e. The number of carbonyl (C=O) groups is 2. The Morgan fingerprint density at radius 2 is 2.15 bits per heavy atom. The molecule has 0 spiro atoms. The summed E-state index contributed by atoms with van der Waals surface area (Å²) in [6.45, 7) is 3.27. The van der Waals surface area contributed by atoms with E-state index in [1.807, 2.05) is 19.4 Å². The fourth-order valence-corrected chi connectivity index (χ4v) is 4.99. The Morgan fingerprint density at radius 3 is 2.91 bits per heavy atom. The molecular formula is C24H23FN4O2S2. The largest absolute Gasteiger partial charge is 0.348 e. The molecule has 4 rings (SSSR count). The molecule has 0 fully saturated rings. The molecule has 0 aliphatic carbocycles. The third-order valence-corrected chi connectivity index (χ3v) is 7.38. The number of halogens is 1. The first kappa shape index (κ1) is 23.1. The van der Waals surface area contributed by atoms with Gasteiger partial charge in [0.25, 0.3) is 5.91 Å². The lowest BCUT2D eigenvalue weighted by atomic mass is 9.94. The highest BCUT2D eigenvalue weighted by Gasteiger charge is 2.26. The van der Waals surface area contributed by atoms with Crippen molar-refractivity contribution in [3.63, 3.8) is 0 Å². The Hall–Kier alpha value is -3.04. The highest BCUT2D eigenvalue weighted by Crippen LogP contribution is 2.26. The van der Waals surface area contributed by atoms with Gasteiger partial charge in [0.05, 0.1) is 0 Å². The van der Waals surface area contributed by atoms with Crippen LogP contribution in [0.15, 0.2) is 46.3 Å². The topological polar surface area (TPSA) is 75.2 Å². The summed E-state index contributed by atoms with van der Waals surface area (Å²) in [6.07, 6.45) is 7.21. The zero-order valence-electron chi connectivity index (χ0n) is 18.3. The number of aryl methyl sites for hydroxylation is 1. The van der Waals surface area contributed by atoms with E-state index in [1.165, 1.54) is 41.3 Å². The van der Waals surface area contributed by atoms with E-state index in [-0.39, 0.29) is 17.6 Å².